The molecule has 1 aromatic heterocycles. The summed E-state index contributed by atoms with van der Waals surface area (Å²) in [4.78, 5) is 16.1. The molecule has 0 unspecified atom stereocenters. The number of rotatable bonds is 2. The zero-order chi connectivity index (χ0) is 17.2. The molecular weight excluding hydrogens is 296 g/mol. The zero-order valence-electron chi connectivity index (χ0n) is 15.4. The lowest BCUT2D eigenvalue weighted by molar-refractivity contribution is -0.113. The molecule has 1 heterocycles. The van der Waals surface area contributed by atoms with Crippen LogP contribution in [0.1, 0.15) is 55.2 Å². The zero-order valence-corrected chi connectivity index (χ0v) is 15.4. The number of carbonyl (C=O) groups is 1. The van der Waals surface area contributed by atoms with Crippen molar-refractivity contribution in [1.29, 1.82) is 0 Å². The van der Waals surface area contributed by atoms with E-state index in [1.165, 1.54) is 17.5 Å². The molecule has 0 spiro atoms. The van der Waals surface area contributed by atoms with Crippen LogP contribution in [0.15, 0.2) is 18.2 Å². The van der Waals surface area contributed by atoms with E-state index in [1.807, 2.05) is 6.07 Å². The highest BCUT2D eigenvalue weighted by Gasteiger charge is 2.56. The second kappa shape index (κ2) is 5.11. The van der Waals surface area contributed by atoms with E-state index in [2.05, 4.69) is 57.1 Å². The highest BCUT2D eigenvalue weighted by molar-refractivity contribution is 5.99. The molecule has 2 aromatic rings. The van der Waals surface area contributed by atoms with E-state index in [4.69, 9.17) is 0 Å². The smallest absolute Gasteiger partial charge is 0.267 e. The quantitative estimate of drug-likeness (QED) is 0.834. The number of benzene rings is 1. The molecule has 0 saturated heterocycles. The van der Waals surface area contributed by atoms with Gasteiger partial charge in [0.25, 0.3) is 5.91 Å². The van der Waals surface area contributed by atoms with E-state index in [-0.39, 0.29) is 5.91 Å². The van der Waals surface area contributed by atoms with Crippen molar-refractivity contribution in [3.8, 4) is 0 Å². The van der Waals surface area contributed by atoms with Crippen LogP contribution in [-0.2, 0) is 0 Å². The molecule has 3 saturated carbocycles. The SMILES string of the molecule is Cc1cc(C)c2cc(C(=O)N[C@@H]3C[C@@H]4C[C@H]([C@H]3C)C4(C)C)[nH]c2c1. The first-order valence-corrected chi connectivity index (χ1v) is 9.18. The van der Waals surface area contributed by atoms with Crippen molar-refractivity contribution in [3.63, 3.8) is 0 Å². The maximum atomic E-state index is 12.8. The molecule has 3 nitrogen and oxygen atoms in total. The summed E-state index contributed by atoms with van der Waals surface area (Å²) in [5.41, 5.74) is 4.63. The molecule has 2 N–H and O–H groups in total. The van der Waals surface area contributed by atoms with Crippen LogP contribution >= 0.6 is 0 Å². The van der Waals surface area contributed by atoms with Gasteiger partial charge in [0, 0.05) is 16.9 Å². The minimum Gasteiger partial charge on any atom is -0.351 e. The molecule has 3 aliphatic carbocycles. The van der Waals surface area contributed by atoms with Crippen molar-refractivity contribution in [2.24, 2.45) is 23.2 Å². The van der Waals surface area contributed by atoms with Crippen LogP contribution in [0.4, 0.5) is 0 Å². The molecule has 0 aliphatic heterocycles. The Kier molecular flexibility index (Phi) is 3.35. The number of carbonyl (C=O) groups excluding carboxylic acids is 1. The van der Waals surface area contributed by atoms with E-state index in [1.54, 1.807) is 0 Å². The number of aryl methyl sites for hydroxylation is 2. The Morgan fingerprint density at radius 3 is 2.62 bits per heavy atom. The summed E-state index contributed by atoms with van der Waals surface area (Å²) in [6.07, 6.45) is 2.46. The standard InChI is InChI=1S/C21H28N2O/c1-11-6-12(2)15-10-19(22-18(15)7-11)20(24)23-17-9-14-8-16(13(17)3)21(14,4)5/h6-7,10,13-14,16-17,22H,8-9H2,1-5H3,(H,23,24)/t13-,14+,16-,17-/m1/s1. The second-order valence-corrected chi connectivity index (χ2v) is 8.76. The fourth-order valence-electron chi connectivity index (χ4n) is 5.31. The lowest BCUT2D eigenvalue weighted by Gasteiger charge is -2.62. The summed E-state index contributed by atoms with van der Waals surface area (Å²) in [7, 11) is 0. The maximum Gasteiger partial charge on any atom is 0.267 e. The van der Waals surface area contributed by atoms with Crippen LogP contribution in [0.25, 0.3) is 10.9 Å². The van der Waals surface area contributed by atoms with Crippen LogP contribution in [0.3, 0.4) is 0 Å². The second-order valence-electron chi connectivity index (χ2n) is 8.76. The van der Waals surface area contributed by atoms with Gasteiger partial charge in [-0.3, -0.25) is 4.79 Å². The minimum absolute atomic E-state index is 0.0409. The first-order chi connectivity index (χ1) is 11.3. The van der Waals surface area contributed by atoms with E-state index < -0.39 is 0 Å². The van der Waals surface area contributed by atoms with E-state index >= 15 is 0 Å². The van der Waals surface area contributed by atoms with Gasteiger partial charge in [-0.2, -0.15) is 0 Å². The van der Waals surface area contributed by atoms with Gasteiger partial charge >= 0.3 is 0 Å². The van der Waals surface area contributed by atoms with Crippen LogP contribution in [-0.4, -0.2) is 16.9 Å². The lowest BCUT2D eigenvalue weighted by Crippen LogP contribution is -2.60. The Labute approximate surface area is 144 Å². The lowest BCUT2D eigenvalue weighted by atomic mass is 9.45. The van der Waals surface area contributed by atoms with Crippen molar-refractivity contribution in [1.82, 2.24) is 10.3 Å². The van der Waals surface area contributed by atoms with Crippen molar-refractivity contribution in [3.05, 3.63) is 35.0 Å². The molecule has 5 rings (SSSR count). The first kappa shape index (κ1) is 15.7. The van der Waals surface area contributed by atoms with E-state index in [9.17, 15) is 4.79 Å². The van der Waals surface area contributed by atoms with Crippen LogP contribution in [0.2, 0.25) is 0 Å². The summed E-state index contributed by atoms with van der Waals surface area (Å²) in [5.74, 6) is 2.10. The monoisotopic (exact) mass is 324 g/mol. The maximum absolute atomic E-state index is 12.8. The summed E-state index contributed by atoms with van der Waals surface area (Å²) in [5, 5.41) is 4.45. The number of fused-ring (bicyclic) bond motifs is 3. The largest absolute Gasteiger partial charge is 0.351 e. The predicted octanol–water partition coefficient (Wildman–Crippen LogP) is 4.59. The van der Waals surface area contributed by atoms with E-state index in [0.717, 1.165) is 29.2 Å². The summed E-state index contributed by atoms with van der Waals surface area (Å²) in [6.45, 7) is 11.3. The highest BCUT2D eigenvalue weighted by Crippen LogP contribution is 2.61. The van der Waals surface area contributed by atoms with Crippen molar-refractivity contribution in [2.75, 3.05) is 0 Å². The van der Waals surface area contributed by atoms with Gasteiger partial charge in [-0.1, -0.05) is 26.8 Å². The number of nitrogens with one attached hydrogen (secondary N) is 2. The average Bonchev–Trinajstić information content (AvgIpc) is 2.93. The van der Waals surface area contributed by atoms with Crippen molar-refractivity contribution in [2.45, 2.75) is 53.5 Å². The molecule has 128 valence electrons. The third-order valence-corrected chi connectivity index (χ3v) is 7.00. The molecule has 1 amide bonds. The van der Waals surface area contributed by atoms with Gasteiger partial charge in [0.05, 0.1) is 0 Å². The molecule has 1 aromatic carbocycles. The Morgan fingerprint density at radius 1 is 1.21 bits per heavy atom. The number of amides is 1. The molecule has 3 heteroatoms. The Balaban J connectivity index is 1.54. The van der Waals surface area contributed by atoms with Crippen molar-refractivity contribution >= 4 is 16.8 Å². The number of aromatic nitrogens is 1. The molecule has 3 aliphatic rings. The molecule has 24 heavy (non-hydrogen) atoms. The van der Waals surface area contributed by atoms with Gasteiger partial charge in [0.2, 0.25) is 0 Å². The van der Waals surface area contributed by atoms with Crippen LogP contribution in [0.5, 0.6) is 0 Å². The van der Waals surface area contributed by atoms with Crippen LogP contribution in [0, 0.1) is 37.0 Å². The third-order valence-electron chi connectivity index (χ3n) is 7.00. The minimum atomic E-state index is 0.0409. The normalized spacial score (nSPS) is 30.9. The van der Waals surface area contributed by atoms with Crippen molar-refractivity contribution < 1.29 is 4.79 Å². The summed E-state index contributed by atoms with van der Waals surface area (Å²) in [6, 6.07) is 6.58. The molecule has 3 fully saturated rings. The van der Waals surface area contributed by atoms with Gasteiger partial charge in [0.15, 0.2) is 0 Å². The average molecular weight is 324 g/mol. The fourth-order valence-corrected chi connectivity index (χ4v) is 5.31. The molecule has 4 atom stereocenters. The van der Waals surface area contributed by atoms with Gasteiger partial charge in [-0.25, -0.2) is 0 Å². The Hall–Kier alpha value is -1.77. The third kappa shape index (κ3) is 2.21. The number of hydrogen-bond acceptors (Lipinski definition) is 1. The summed E-state index contributed by atoms with van der Waals surface area (Å²) >= 11 is 0. The fraction of sp³-hybridized carbons (Fsp3) is 0.571. The molecule has 2 bridgehead atoms. The number of H-pyrrole nitrogens is 1. The number of aromatic amines is 1. The van der Waals surface area contributed by atoms with Gasteiger partial charge in [-0.05, 0) is 73.1 Å². The Morgan fingerprint density at radius 2 is 1.96 bits per heavy atom. The molecule has 0 radical (unpaired) electrons. The summed E-state index contributed by atoms with van der Waals surface area (Å²) < 4.78 is 0. The van der Waals surface area contributed by atoms with Gasteiger partial charge < -0.3 is 10.3 Å². The highest BCUT2D eigenvalue weighted by atomic mass is 16.1. The van der Waals surface area contributed by atoms with Gasteiger partial charge in [0.1, 0.15) is 5.69 Å². The van der Waals surface area contributed by atoms with E-state index in [0.29, 0.717) is 23.1 Å². The first-order valence-electron chi connectivity index (χ1n) is 9.18. The van der Waals surface area contributed by atoms with Crippen LogP contribution < -0.4 is 5.32 Å². The topological polar surface area (TPSA) is 44.9 Å². The predicted molar refractivity (Wildman–Crippen MR) is 98.2 cm³/mol. The van der Waals surface area contributed by atoms with Gasteiger partial charge in [-0.15, -0.1) is 0 Å². The number of hydrogen-bond donors (Lipinski definition) is 2. The Bertz CT molecular complexity index is 817. The molecular formula is C21H28N2O.